The lowest BCUT2D eigenvalue weighted by Gasteiger charge is -2.23. The largest absolute Gasteiger partial charge is 0.497 e. The Balaban J connectivity index is 2.23. The topological polar surface area (TPSA) is 73.2 Å². The van der Waals surface area contributed by atoms with Crippen LogP contribution in [0.4, 0.5) is 5.82 Å². The molecule has 0 saturated heterocycles. The van der Waals surface area contributed by atoms with E-state index in [1.807, 2.05) is 24.3 Å². The minimum atomic E-state index is 0.460. The molecule has 112 valence electrons. The molecule has 0 aliphatic heterocycles. The van der Waals surface area contributed by atoms with Gasteiger partial charge in [-0.1, -0.05) is 19.1 Å². The summed E-state index contributed by atoms with van der Waals surface area (Å²) in [6.45, 7) is 2.25. The third kappa shape index (κ3) is 2.39. The Bertz CT molecular complexity index is 744. The normalized spacial score (nSPS) is 16.7. The number of rotatable bonds is 2. The number of H-pyrrole nitrogens is 1. The van der Waals surface area contributed by atoms with Crippen LogP contribution in [0.2, 0.25) is 0 Å². The number of pyridine rings is 1. The highest BCUT2D eigenvalue weighted by molar-refractivity contribution is 5.78. The van der Waals surface area contributed by atoms with Crippen LogP contribution in [-0.4, -0.2) is 7.11 Å². The molecule has 3 rings (SSSR count). The fraction of sp³-hybridized carbons (Fsp3) is 0.333. The Hall–Kier alpha value is -2.54. The number of aromatic nitrogens is 1. The summed E-state index contributed by atoms with van der Waals surface area (Å²) in [6, 6.07) is 10.1. The number of anilines is 1. The van der Waals surface area contributed by atoms with Crippen molar-refractivity contribution in [2.24, 2.45) is 5.92 Å². The number of nitrogens with two attached hydrogens (primary N) is 1. The van der Waals surface area contributed by atoms with Crippen molar-refractivity contribution in [2.45, 2.75) is 26.2 Å². The van der Waals surface area contributed by atoms with Crippen LogP contribution in [0.3, 0.4) is 0 Å². The summed E-state index contributed by atoms with van der Waals surface area (Å²) in [4.78, 5) is 3.23. The standard InChI is InChI=1S/C18H19N3O/c1-11-3-8-16-14(9-11)17(15(10-19)18(20)21-16)12-4-6-13(22-2)7-5-12/h4-7,11H,3,8-9H2,1-2H3,(H2,20,21)/p+1/t11-/m1/s1. The van der Waals surface area contributed by atoms with E-state index >= 15 is 0 Å². The molecule has 22 heavy (non-hydrogen) atoms. The van der Waals surface area contributed by atoms with Gasteiger partial charge in [-0.3, -0.25) is 5.73 Å². The number of benzene rings is 1. The third-order valence-corrected chi connectivity index (χ3v) is 4.40. The fourth-order valence-electron chi connectivity index (χ4n) is 3.21. The van der Waals surface area contributed by atoms with Crippen molar-refractivity contribution < 1.29 is 9.72 Å². The number of fused-ring (bicyclic) bond motifs is 1. The first-order chi connectivity index (χ1) is 10.6. The van der Waals surface area contributed by atoms with E-state index in [1.54, 1.807) is 7.11 Å². The number of nitrogens with one attached hydrogen (secondary N) is 1. The number of ether oxygens (including phenoxy) is 1. The smallest absolute Gasteiger partial charge is 0.289 e. The molecule has 1 aromatic carbocycles. The molecule has 4 nitrogen and oxygen atoms in total. The maximum absolute atomic E-state index is 9.55. The van der Waals surface area contributed by atoms with Crippen LogP contribution in [0.5, 0.6) is 5.75 Å². The van der Waals surface area contributed by atoms with Crippen LogP contribution in [0.15, 0.2) is 24.3 Å². The zero-order valence-corrected chi connectivity index (χ0v) is 12.9. The molecule has 1 aliphatic carbocycles. The first kappa shape index (κ1) is 14.4. The van der Waals surface area contributed by atoms with Gasteiger partial charge in [0.2, 0.25) is 0 Å². The molecule has 0 bridgehead atoms. The van der Waals surface area contributed by atoms with Crippen LogP contribution in [0.1, 0.15) is 30.2 Å². The second kappa shape index (κ2) is 5.69. The second-order valence-corrected chi connectivity index (χ2v) is 5.93. The van der Waals surface area contributed by atoms with Gasteiger partial charge in [0, 0.05) is 17.5 Å². The maximum atomic E-state index is 9.55. The van der Waals surface area contributed by atoms with Crippen LogP contribution in [0.25, 0.3) is 11.1 Å². The zero-order valence-electron chi connectivity index (χ0n) is 12.9. The number of nitrogen functional groups attached to an aromatic ring is 1. The highest BCUT2D eigenvalue weighted by Crippen LogP contribution is 2.36. The molecule has 3 N–H and O–H groups in total. The molecule has 1 aliphatic rings. The third-order valence-electron chi connectivity index (χ3n) is 4.40. The van der Waals surface area contributed by atoms with Crippen molar-refractivity contribution in [3.63, 3.8) is 0 Å². The molecule has 1 aromatic heterocycles. The molecular formula is C18H20N3O+. The molecule has 1 atom stereocenters. The minimum absolute atomic E-state index is 0.460. The highest BCUT2D eigenvalue weighted by atomic mass is 16.5. The van der Waals surface area contributed by atoms with Crippen LogP contribution < -0.4 is 15.5 Å². The van der Waals surface area contributed by atoms with E-state index in [9.17, 15) is 5.26 Å². The molecule has 0 unspecified atom stereocenters. The molecule has 1 heterocycles. The molecule has 0 amide bonds. The number of hydrogen-bond acceptors (Lipinski definition) is 3. The summed E-state index contributed by atoms with van der Waals surface area (Å²) in [6.07, 6.45) is 3.11. The van der Waals surface area contributed by atoms with Gasteiger partial charge in [0.15, 0.2) is 0 Å². The lowest BCUT2D eigenvalue weighted by atomic mass is 9.82. The number of hydrogen-bond donors (Lipinski definition) is 1. The highest BCUT2D eigenvalue weighted by Gasteiger charge is 2.27. The molecule has 2 aromatic rings. The van der Waals surface area contributed by atoms with Gasteiger partial charge < -0.3 is 4.74 Å². The quantitative estimate of drug-likeness (QED) is 0.925. The Morgan fingerprint density at radius 3 is 2.68 bits per heavy atom. The average Bonchev–Trinajstić information content (AvgIpc) is 2.54. The molecule has 0 saturated carbocycles. The van der Waals surface area contributed by atoms with Gasteiger partial charge in [0.25, 0.3) is 5.82 Å². The van der Waals surface area contributed by atoms with E-state index in [1.165, 1.54) is 11.3 Å². The summed E-state index contributed by atoms with van der Waals surface area (Å²) in [7, 11) is 1.65. The average molecular weight is 294 g/mol. The Kier molecular flexibility index (Phi) is 3.72. The van der Waals surface area contributed by atoms with Crippen molar-refractivity contribution in [1.82, 2.24) is 0 Å². The number of nitrogens with zero attached hydrogens (tertiary/aromatic N) is 1. The summed E-state index contributed by atoms with van der Waals surface area (Å²) >= 11 is 0. The zero-order chi connectivity index (χ0) is 15.7. The van der Waals surface area contributed by atoms with E-state index in [-0.39, 0.29) is 0 Å². The van der Waals surface area contributed by atoms with Crippen molar-refractivity contribution in [2.75, 3.05) is 12.8 Å². The van der Waals surface area contributed by atoms with E-state index in [4.69, 9.17) is 10.5 Å². The Morgan fingerprint density at radius 2 is 2.05 bits per heavy atom. The molecule has 0 fully saturated rings. The van der Waals surface area contributed by atoms with E-state index in [2.05, 4.69) is 18.0 Å². The number of methoxy groups -OCH3 is 1. The number of nitriles is 1. The lowest BCUT2D eigenvalue weighted by molar-refractivity contribution is -0.375. The van der Waals surface area contributed by atoms with E-state index in [0.717, 1.165) is 36.1 Å². The van der Waals surface area contributed by atoms with Gasteiger partial charge in [0.1, 0.15) is 23.1 Å². The monoisotopic (exact) mass is 294 g/mol. The Labute approximate surface area is 130 Å². The minimum Gasteiger partial charge on any atom is -0.497 e. The van der Waals surface area contributed by atoms with Gasteiger partial charge in [-0.2, -0.15) is 5.26 Å². The Morgan fingerprint density at radius 1 is 1.32 bits per heavy atom. The van der Waals surface area contributed by atoms with E-state index < -0.39 is 0 Å². The SMILES string of the molecule is COc1ccc(-c2c(C#N)c(N)[nH+]c3c2C[C@H](C)CC3)cc1. The van der Waals surface area contributed by atoms with Crippen molar-refractivity contribution in [1.29, 1.82) is 5.26 Å². The van der Waals surface area contributed by atoms with Gasteiger partial charge in [-0.25, -0.2) is 4.98 Å². The first-order valence-corrected chi connectivity index (χ1v) is 7.55. The summed E-state index contributed by atoms with van der Waals surface area (Å²) in [5.74, 6) is 1.88. The van der Waals surface area contributed by atoms with E-state index in [0.29, 0.717) is 17.3 Å². The molecule has 0 radical (unpaired) electrons. The molecule has 4 heteroatoms. The summed E-state index contributed by atoms with van der Waals surface area (Å²) in [5.41, 5.74) is 11.0. The maximum Gasteiger partial charge on any atom is 0.289 e. The summed E-state index contributed by atoms with van der Waals surface area (Å²) < 4.78 is 5.22. The first-order valence-electron chi connectivity index (χ1n) is 7.55. The predicted molar refractivity (Wildman–Crippen MR) is 85.3 cm³/mol. The van der Waals surface area contributed by atoms with Gasteiger partial charge in [0.05, 0.1) is 7.11 Å². The lowest BCUT2D eigenvalue weighted by Crippen LogP contribution is -2.26. The van der Waals surface area contributed by atoms with Gasteiger partial charge in [-0.05, 0) is 36.5 Å². The summed E-state index contributed by atoms with van der Waals surface area (Å²) in [5, 5.41) is 9.55. The van der Waals surface area contributed by atoms with Crippen molar-refractivity contribution >= 4 is 5.82 Å². The predicted octanol–water partition coefficient (Wildman–Crippen LogP) is 2.75. The molecule has 0 spiro atoms. The number of aryl methyl sites for hydroxylation is 1. The molecular weight excluding hydrogens is 274 g/mol. The van der Waals surface area contributed by atoms with Crippen molar-refractivity contribution in [3.8, 4) is 22.9 Å². The second-order valence-electron chi connectivity index (χ2n) is 5.93. The van der Waals surface area contributed by atoms with Gasteiger partial charge >= 0.3 is 0 Å². The van der Waals surface area contributed by atoms with Crippen LogP contribution in [-0.2, 0) is 12.8 Å². The van der Waals surface area contributed by atoms with Crippen molar-refractivity contribution in [3.05, 3.63) is 41.1 Å². The van der Waals surface area contributed by atoms with Crippen LogP contribution >= 0.6 is 0 Å². The number of aromatic amines is 1. The van der Waals surface area contributed by atoms with Crippen LogP contribution in [0, 0.1) is 17.2 Å². The fourth-order valence-corrected chi connectivity index (χ4v) is 3.21. The van der Waals surface area contributed by atoms with Gasteiger partial charge in [-0.15, -0.1) is 0 Å².